The molecule has 1 aromatic heterocycles. The van der Waals surface area contributed by atoms with Gasteiger partial charge in [0.1, 0.15) is 5.82 Å². The summed E-state index contributed by atoms with van der Waals surface area (Å²) in [6.07, 6.45) is 3.60. The summed E-state index contributed by atoms with van der Waals surface area (Å²) >= 11 is 4.93. The third-order valence-corrected chi connectivity index (χ3v) is 4.41. The number of likely N-dealkylation sites (N-methyl/N-ethyl adjacent to an activating group) is 1. The van der Waals surface area contributed by atoms with E-state index < -0.39 is 0 Å². The summed E-state index contributed by atoms with van der Waals surface area (Å²) in [5.41, 5.74) is 0.736. The van der Waals surface area contributed by atoms with Gasteiger partial charge in [0.15, 0.2) is 0 Å². The number of rotatable bonds is 7. The normalized spacial score (nSPS) is 10.6. The fourth-order valence-electron chi connectivity index (χ4n) is 2.05. The summed E-state index contributed by atoms with van der Waals surface area (Å²) < 4.78 is 0.838. The maximum Gasteiger partial charge on any atom is 0.239 e. The molecular formula is C17H19BrN4O2S. The highest BCUT2D eigenvalue weighted by atomic mass is 79.9. The van der Waals surface area contributed by atoms with E-state index in [1.54, 1.807) is 42.0 Å². The highest BCUT2D eigenvalue weighted by Gasteiger charge is 2.11. The van der Waals surface area contributed by atoms with Crippen LogP contribution in [0.1, 0.15) is 0 Å². The topological polar surface area (TPSA) is 74.3 Å². The van der Waals surface area contributed by atoms with Gasteiger partial charge in [0.25, 0.3) is 0 Å². The van der Waals surface area contributed by atoms with Crippen LogP contribution in [0, 0.1) is 0 Å². The quantitative estimate of drug-likeness (QED) is 0.670. The van der Waals surface area contributed by atoms with Gasteiger partial charge in [-0.2, -0.15) is 0 Å². The number of amides is 2. The van der Waals surface area contributed by atoms with Crippen LogP contribution in [-0.2, 0) is 9.59 Å². The van der Waals surface area contributed by atoms with Gasteiger partial charge >= 0.3 is 0 Å². The summed E-state index contributed by atoms with van der Waals surface area (Å²) in [6, 6.07) is 11.1. The molecule has 8 heteroatoms. The van der Waals surface area contributed by atoms with Crippen LogP contribution in [0.5, 0.6) is 0 Å². The minimum absolute atomic E-state index is 0.0938. The van der Waals surface area contributed by atoms with Crippen LogP contribution < -0.4 is 10.6 Å². The fourth-order valence-corrected chi connectivity index (χ4v) is 2.70. The van der Waals surface area contributed by atoms with Gasteiger partial charge in [-0.15, -0.1) is 11.8 Å². The predicted octanol–water partition coefficient (Wildman–Crippen LogP) is 3.08. The zero-order valence-corrected chi connectivity index (χ0v) is 16.4. The van der Waals surface area contributed by atoms with Crippen LogP contribution in [0.25, 0.3) is 0 Å². The standard InChI is InChI=1S/C17H19BrN4O2S/c1-22(11-17(24)21-15-8-3-12(18)9-19-15)10-16(23)20-13-4-6-14(25-2)7-5-13/h3-9H,10-11H2,1-2H3,(H,20,23)(H,19,21,24). The lowest BCUT2D eigenvalue weighted by Crippen LogP contribution is -2.36. The number of nitrogens with zero attached hydrogens (tertiary/aromatic N) is 2. The Morgan fingerprint density at radius 3 is 2.28 bits per heavy atom. The molecule has 2 N–H and O–H groups in total. The Bertz CT molecular complexity index is 722. The van der Waals surface area contributed by atoms with Gasteiger partial charge in [-0.05, 0) is 65.6 Å². The highest BCUT2D eigenvalue weighted by Crippen LogP contribution is 2.17. The van der Waals surface area contributed by atoms with Crippen LogP contribution in [0.3, 0.4) is 0 Å². The minimum atomic E-state index is -0.227. The number of pyridine rings is 1. The first-order valence-electron chi connectivity index (χ1n) is 7.50. The number of halogens is 1. The van der Waals surface area contributed by atoms with Gasteiger partial charge < -0.3 is 10.6 Å². The first-order valence-corrected chi connectivity index (χ1v) is 9.52. The Balaban J connectivity index is 1.77. The molecule has 6 nitrogen and oxygen atoms in total. The molecule has 0 atom stereocenters. The molecule has 0 saturated carbocycles. The SMILES string of the molecule is CSc1ccc(NC(=O)CN(C)CC(=O)Nc2ccc(Br)cn2)cc1. The summed E-state index contributed by atoms with van der Waals surface area (Å²) in [5.74, 6) is 0.0725. The second kappa shape index (κ2) is 9.55. The third kappa shape index (κ3) is 6.85. The van der Waals surface area contributed by atoms with Crippen LogP contribution in [-0.4, -0.2) is 48.1 Å². The average Bonchev–Trinajstić information content (AvgIpc) is 2.57. The number of anilines is 2. The van der Waals surface area contributed by atoms with Gasteiger partial charge in [-0.1, -0.05) is 0 Å². The van der Waals surface area contributed by atoms with Gasteiger partial charge in [0.05, 0.1) is 13.1 Å². The number of benzene rings is 1. The van der Waals surface area contributed by atoms with E-state index in [9.17, 15) is 9.59 Å². The Kier molecular flexibility index (Phi) is 7.42. The van der Waals surface area contributed by atoms with Crippen molar-refractivity contribution in [3.8, 4) is 0 Å². The van der Waals surface area contributed by atoms with Gasteiger partial charge in [-0.25, -0.2) is 4.98 Å². The van der Waals surface area contributed by atoms with Crippen molar-refractivity contribution in [1.82, 2.24) is 9.88 Å². The Morgan fingerprint density at radius 2 is 1.72 bits per heavy atom. The van der Waals surface area contributed by atoms with Gasteiger partial charge in [0, 0.05) is 21.3 Å². The first kappa shape index (κ1) is 19.4. The molecule has 2 aromatic rings. The lowest BCUT2D eigenvalue weighted by atomic mass is 10.3. The molecule has 132 valence electrons. The molecule has 0 aliphatic heterocycles. The van der Waals surface area contributed by atoms with E-state index in [1.807, 2.05) is 30.5 Å². The van der Waals surface area contributed by atoms with Crippen molar-refractivity contribution in [2.24, 2.45) is 0 Å². The van der Waals surface area contributed by atoms with Crippen molar-refractivity contribution in [1.29, 1.82) is 0 Å². The van der Waals surface area contributed by atoms with Crippen molar-refractivity contribution >= 4 is 51.0 Å². The Labute approximate surface area is 159 Å². The summed E-state index contributed by atoms with van der Waals surface area (Å²) in [6.45, 7) is 0.210. The molecule has 0 spiro atoms. The number of hydrogen-bond acceptors (Lipinski definition) is 5. The highest BCUT2D eigenvalue weighted by molar-refractivity contribution is 9.10. The number of thioether (sulfide) groups is 1. The second-order valence-corrected chi connectivity index (χ2v) is 7.15. The molecule has 2 amide bonds. The molecule has 0 radical (unpaired) electrons. The minimum Gasteiger partial charge on any atom is -0.325 e. The Morgan fingerprint density at radius 1 is 1.08 bits per heavy atom. The van der Waals surface area contributed by atoms with E-state index in [1.165, 1.54) is 0 Å². The number of carbonyl (C=O) groups is 2. The molecule has 25 heavy (non-hydrogen) atoms. The number of hydrogen-bond donors (Lipinski definition) is 2. The van der Waals surface area contributed by atoms with E-state index in [0.717, 1.165) is 15.1 Å². The van der Waals surface area contributed by atoms with E-state index in [0.29, 0.717) is 5.82 Å². The summed E-state index contributed by atoms with van der Waals surface area (Å²) in [4.78, 5) is 30.9. The number of carbonyl (C=O) groups excluding carboxylic acids is 2. The monoisotopic (exact) mass is 422 g/mol. The van der Waals surface area contributed by atoms with Crippen LogP contribution >= 0.6 is 27.7 Å². The molecule has 1 aromatic carbocycles. The molecule has 0 aliphatic rings. The van der Waals surface area contributed by atoms with Crippen molar-refractivity contribution in [3.05, 3.63) is 47.1 Å². The summed E-state index contributed by atoms with van der Waals surface area (Å²) in [5, 5.41) is 5.50. The smallest absolute Gasteiger partial charge is 0.239 e. The Hall–Kier alpha value is -1.90. The molecular weight excluding hydrogens is 404 g/mol. The van der Waals surface area contributed by atoms with Crippen molar-refractivity contribution < 1.29 is 9.59 Å². The molecule has 2 rings (SSSR count). The molecule has 0 unspecified atom stereocenters. The van der Waals surface area contributed by atoms with E-state index >= 15 is 0 Å². The lowest BCUT2D eigenvalue weighted by Gasteiger charge is -2.16. The zero-order valence-electron chi connectivity index (χ0n) is 14.0. The number of aromatic nitrogens is 1. The average molecular weight is 423 g/mol. The number of nitrogens with one attached hydrogen (secondary N) is 2. The second-order valence-electron chi connectivity index (χ2n) is 5.36. The zero-order chi connectivity index (χ0) is 18.2. The molecule has 0 saturated heterocycles. The van der Waals surface area contributed by atoms with Gasteiger partial charge in [0.2, 0.25) is 11.8 Å². The van der Waals surface area contributed by atoms with E-state index in [4.69, 9.17) is 0 Å². The lowest BCUT2D eigenvalue weighted by molar-refractivity contribution is -0.119. The van der Waals surface area contributed by atoms with E-state index in [-0.39, 0.29) is 24.9 Å². The maximum absolute atomic E-state index is 12.0. The van der Waals surface area contributed by atoms with Crippen LogP contribution in [0.15, 0.2) is 52.0 Å². The maximum atomic E-state index is 12.0. The third-order valence-electron chi connectivity index (χ3n) is 3.20. The van der Waals surface area contributed by atoms with Crippen molar-refractivity contribution in [2.45, 2.75) is 4.90 Å². The largest absolute Gasteiger partial charge is 0.325 e. The van der Waals surface area contributed by atoms with Crippen LogP contribution in [0.4, 0.5) is 11.5 Å². The predicted molar refractivity (Wildman–Crippen MR) is 105 cm³/mol. The fraction of sp³-hybridized carbons (Fsp3) is 0.235. The first-order chi connectivity index (χ1) is 12.0. The van der Waals surface area contributed by atoms with E-state index in [2.05, 4.69) is 31.5 Å². The summed E-state index contributed by atoms with van der Waals surface area (Å²) in [7, 11) is 1.71. The molecule has 1 heterocycles. The molecule has 0 bridgehead atoms. The van der Waals surface area contributed by atoms with Gasteiger partial charge in [-0.3, -0.25) is 14.5 Å². The van der Waals surface area contributed by atoms with Crippen molar-refractivity contribution in [3.63, 3.8) is 0 Å². The van der Waals surface area contributed by atoms with Crippen molar-refractivity contribution in [2.75, 3.05) is 37.0 Å². The molecule has 0 fully saturated rings. The molecule has 0 aliphatic carbocycles. The van der Waals surface area contributed by atoms with Crippen LogP contribution in [0.2, 0.25) is 0 Å².